The molecule has 1 aromatic heterocycles. The molecule has 0 saturated heterocycles. The first-order chi connectivity index (χ1) is 12.5. The van der Waals surface area contributed by atoms with Crippen LogP contribution in [0.25, 0.3) is 22.4 Å². The van der Waals surface area contributed by atoms with Crippen LogP contribution in [-0.2, 0) is 0 Å². The molecule has 7 nitrogen and oxygen atoms in total. The van der Waals surface area contributed by atoms with Crippen molar-refractivity contribution in [3.63, 3.8) is 0 Å². The van der Waals surface area contributed by atoms with Crippen molar-refractivity contribution in [2.75, 3.05) is 5.73 Å². The van der Waals surface area contributed by atoms with Crippen LogP contribution in [0.4, 0.5) is 11.5 Å². The lowest BCUT2D eigenvalue weighted by Crippen LogP contribution is -2.00. The minimum atomic E-state index is -0.488. The van der Waals surface area contributed by atoms with Crippen molar-refractivity contribution >= 4 is 11.5 Å². The molecule has 0 radical (unpaired) electrons. The van der Waals surface area contributed by atoms with Crippen LogP contribution in [0.3, 0.4) is 0 Å². The first-order valence-corrected chi connectivity index (χ1v) is 7.49. The second-order valence-corrected chi connectivity index (χ2v) is 5.42. The lowest BCUT2D eigenvalue weighted by Gasteiger charge is -2.10. The van der Waals surface area contributed by atoms with Gasteiger partial charge in [0.2, 0.25) is 0 Å². The molecular weight excluding hydrogens is 330 g/mol. The SMILES string of the molecule is N#Cc1ccc(-c2cc(-c3cccc([N+](=O)[O-])c3)nc(N)c2C#N)cc1. The van der Waals surface area contributed by atoms with E-state index in [1.54, 1.807) is 42.5 Å². The largest absolute Gasteiger partial charge is 0.383 e. The normalized spacial score (nSPS) is 9.92. The number of nitrogens with two attached hydrogens (primary N) is 1. The van der Waals surface area contributed by atoms with Gasteiger partial charge in [-0.3, -0.25) is 10.1 Å². The molecule has 0 aliphatic rings. The maximum absolute atomic E-state index is 11.0. The maximum Gasteiger partial charge on any atom is 0.270 e. The third-order valence-electron chi connectivity index (χ3n) is 3.84. The van der Waals surface area contributed by atoms with E-state index in [9.17, 15) is 15.4 Å². The summed E-state index contributed by atoms with van der Waals surface area (Å²) in [5.74, 6) is 0.0378. The summed E-state index contributed by atoms with van der Waals surface area (Å²) in [4.78, 5) is 14.7. The first-order valence-electron chi connectivity index (χ1n) is 7.49. The molecule has 0 unspecified atom stereocenters. The summed E-state index contributed by atoms with van der Waals surface area (Å²) in [5, 5.41) is 29.3. The number of nitrogen functional groups attached to an aromatic ring is 1. The van der Waals surface area contributed by atoms with E-state index in [1.165, 1.54) is 12.1 Å². The van der Waals surface area contributed by atoms with E-state index in [4.69, 9.17) is 11.0 Å². The number of pyridine rings is 1. The smallest absolute Gasteiger partial charge is 0.270 e. The van der Waals surface area contributed by atoms with E-state index in [1.807, 2.05) is 12.1 Å². The molecule has 0 aliphatic heterocycles. The maximum atomic E-state index is 11.0. The summed E-state index contributed by atoms with van der Waals surface area (Å²) in [6, 6.07) is 18.5. The van der Waals surface area contributed by atoms with Gasteiger partial charge < -0.3 is 5.73 Å². The summed E-state index contributed by atoms with van der Waals surface area (Å²) in [7, 11) is 0. The van der Waals surface area contributed by atoms with Crippen LogP contribution in [0.15, 0.2) is 54.6 Å². The quantitative estimate of drug-likeness (QED) is 0.571. The molecule has 2 aromatic carbocycles. The lowest BCUT2D eigenvalue weighted by molar-refractivity contribution is -0.384. The fourth-order valence-corrected chi connectivity index (χ4v) is 2.56. The molecule has 26 heavy (non-hydrogen) atoms. The minimum Gasteiger partial charge on any atom is -0.383 e. The monoisotopic (exact) mass is 341 g/mol. The van der Waals surface area contributed by atoms with Gasteiger partial charge in [-0.2, -0.15) is 10.5 Å². The first kappa shape index (κ1) is 16.6. The van der Waals surface area contributed by atoms with E-state index in [0.717, 1.165) is 0 Å². The molecule has 0 aliphatic carbocycles. The van der Waals surface area contributed by atoms with Gasteiger partial charge in [-0.15, -0.1) is 0 Å². The summed E-state index contributed by atoms with van der Waals surface area (Å²) >= 11 is 0. The Kier molecular flexibility index (Phi) is 4.29. The van der Waals surface area contributed by atoms with Crippen LogP contribution in [0.2, 0.25) is 0 Å². The van der Waals surface area contributed by atoms with Gasteiger partial charge in [0, 0.05) is 23.3 Å². The Morgan fingerprint density at radius 2 is 1.73 bits per heavy atom. The number of aromatic nitrogens is 1. The minimum absolute atomic E-state index is 0.0378. The van der Waals surface area contributed by atoms with E-state index in [-0.39, 0.29) is 17.1 Å². The molecule has 0 bridgehead atoms. The second kappa shape index (κ2) is 6.71. The number of benzene rings is 2. The number of nitrogens with zero attached hydrogens (tertiary/aromatic N) is 4. The number of nitro benzene ring substituents is 1. The number of hydrogen-bond acceptors (Lipinski definition) is 6. The van der Waals surface area contributed by atoms with E-state index < -0.39 is 4.92 Å². The van der Waals surface area contributed by atoms with Crippen molar-refractivity contribution in [1.29, 1.82) is 10.5 Å². The zero-order chi connectivity index (χ0) is 18.7. The summed E-state index contributed by atoms with van der Waals surface area (Å²) in [6.45, 7) is 0. The topological polar surface area (TPSA) is 130 Å². The number of nitriles is 2. The Hall–Kier alpha value is -4.23. The molecule has 0 atom stereocenters. The Morgan fingerprint density at radius 1 is 1.00 bits per heavy atom. The third kappa shape index (κ3) is 3.05. The molecule has 3 aromatic rings. The van der Waals surface area contributed by atoms with Gasteiger partial charge in [0.05, 0.1) is 22.2 Å². The summed E-state index contributed by atoms with van der Waals surface area (Å²) in [5.41, 5.74) is 8.77. The molecule has 0 fully saturated rings. The molecule has 2 N–H and O–H groups in total. The van der Waals surface area contributed by atoms with Gasteiger partial charge in [0.1, 0.15) is 17.5 Å². The van der Waals surface area contributed by atoms with Crippen molar-refractivity contribution in [1.82, 2.24) is 4.98 Å². The Labute approximate surface area is 148 Å². The van der Waals surface area contributed by atoms with Crippen molar-refractivity contribution in [2.45, 2.75) is 0 Å². The molecular formula is C19H11N5O2. The summed E-state index contributed by atoms with van der Waals surface area (Å²) in [6.07, 6.45) is 0. The van der Waals surface area contributed by atoms with Crippen LogP contribution >= 0.6 is 0 Å². The number of hydrogen-bond donors (Lipinski definition) is 1. The Bertz CT molecular complexity index is 1090. The average molecular weight is 341 g/mol. The lowest BCUT2D eigenvalue weighted by atomic mass is 9.97. The number of anilines is 1. The van der Waals surface area contributed by atoms with Gasteiger partial charge in [0.15, 0.2) is 0 Å². The molecule has 3 rings (SSSR count). The fourth-order valence-electron chi connectivity index (χ4n) is 2.56. The van der Waals surface area contributed by atoms with Crippen LogP contribution in [0.5, 0.6) is 0 Å². The van der Waals surface area contributed by atoms with Gasteiger partial charge in [0.25, 0.3) is 5.69 Å². The number of rotatable bonds is 3. The van der Waals surface area contributed by atoms with Crippen LogP contribution in [0, 0.1) is 32.8 Å². The van der Waals surface area contributed by atoms with Crippen molar-refractivity contribution in [2.24, 2.45) is 0 Å². The standard InChI is InChI=1S/C19H11N5O2/c20-10-12-4-6-13(7-5-12)16-9-18(23-19(22)17(16)11-21)14-2-1-3-15(8-14)24(25)26/h1-9H,(H2,22,23). The van der Waals surface area contributed by atoms with E-state index in [2.05, 4.69) is 4.98 Å². The van der Waals surface area contributed by atoms with E-state index >= 15 is 0 Å². The highest BCUT2D eigenvalue weighted by Crippen LogP contribution is 2.32. The van der Waals surface area contributed by atoms with Crippen LogP contribution in [-0.4, -0.2) is 9.91 Å². The third-order valence-corrected chi connectivity index (χ3v) is 3.84. The fraction of sp³-hybridized carbons (Fsp3) is 0. The molecule has 0 spiro atoms. The van der Waals surface area contributed by atoms with Crippen LogP contribution in [0.1, 0.15) is 11.1 Å². The van der Waals surface area contributed by atoms with Crippen molar-refractivity contribution in [3.05, 3.63) is 75.8 Å². The Balaban J connectivity index is 2.19. The van der Waals surface area contributed by atoms with Gasteiger partial charge in [-0.25, -0.2) is 4.98 Å². The summed E-state index contributed by atoms with van der Waals surface area (Å²) < 4.78 is 0. The molecule has 1 heterocycles. The highest BCUT2D eigenvalue weighted by atomic mass is 16.6. The molecule has 7 heteroatoms. The number of non-ortho nitro benzene ring substituents is 1. The molecule has 0 amide bonds. The van der Waals surface area contributed by atoms with Crippen molar-refractivity contribution < 1.29 is 4.92 Å². The van der Waals surface area contributed by atoms with Crippen molar-refractivity contribution in [3.8, 4) is 34.5 Å². The molecule has 0 saturated carbocycles. The zero-order valence-corrected chi connectivity index (χ0v) is 13.4. The van der Waals surface area contributed by atoms with E-state index in [0.29, 0.717) is 27.9 Å². The highest BCUT2D eigenvalue weighted by Gasteiger charge is 2.15. The zero-order valence-electron chi connectivity index (χ0n) is 13.4. The predicted octanol–water partition coefficient (Wildman–Crippen LogP) is 3.65. The number of nitro groups is 1. The molecule has 124 valence electrons. The highest BCUT2D eigenvalue weighted by molar-refractivity contribution is 5.80. The van der Waals surface area contributed by atoms with Gasteiger partial charge >= 0.3 is 0 Å². The predicted molar refractivity (Wildman–Crippen MR) is 95.6 cm³/mol. The Morgan fingerprint density at radius 3 is 2.35 bits per heavy atom. The average Bonchev–Trinajstić information content (AvgIpc) is 2.67. The van der Waals surface area contributed by atoms with Gasteiger partial charge in [-0.1, -0.05) is 24.3 Å². The van der Waals surface area contributed by atoms with Crippen LogP contribution < -0.4 is 5.73 Å². The van der Waals surface area contributed by atoms with Gasteiger partial charge in [-0.05, 0) is 23.8 Å². The second-order valence-electron chi connectivity index (χ2n) is 5.42.